The molecule has 0 saturated carbocycles. The first-order chi connectivity index (χ1) is 14.7. The van der Waals surface area contributed by atoms with Crippen LogP contribution in [-0.4, -0.2) is 58.7 Å². The van der Waals surface area contributed by atoms with Crippen LogP contribution in [0.25, 0.3) is 11.0 Å². The van der Waals surface area contributed by atoms with Gasteiger partial charge in [-0.3, -0.25) is 4.79 Å². The predicted molar refractivity (Wildman–Crippen MR) is 117 cm³/mol. The van der Waals surface area contributed by atoms with Crippen molar-refractivity contribution in [1.29, 1.82) is 0 Å². The molecular formula is C20H26N6O3S. The lowest BCUT2D eigenvalue weighted by molar-refractivity contribution is -0.123. The van der Waals surface area contributed by atoms with Crippen molar-refractivity contribution in [1.82, 2.24) is 25.1 Å². The van der Waals surface area contributed by atoms with Crippen molar-refractivity contribution >= 4 is 34.5 Å². The molecule has 1 amide bonds. The van der Waals surface area contributed by atoms with E-state index >= 15 is 0 Å². The van der Waals surface area contributed by atoms with Crippen LogP contribution in [0.15, 0.2) is 35.6 Å². The van der Waals surface area contributed by atoms with Gasteiger partial charge in [0.2, 0.25) is 0 Å². The maximum Gasteiger partial charge on any atom is 0.258 e. The lowest BCUT2D eigenvalue weighted by Gasteiger charge is -2.11. The van der Waals surface area contributed by atoms with Gasteiger partial charge in [-0.15, -0.1) is 0 Å². The van der Waals surface area contributed by atoms with Gasteiger partial charge in [-0.2, -0.15) is 5.10 Å². The van der Waals surface area contributed by atoms with Gasteiger partial charge in [0, 0.05) is 13.1 Å². The zero-order valence-corrected chi connectivity index (χ0v) is 18.2. The average Bonchev–Trinajstić information content (AvgIpc) is 3.19. The Bertz CT molecular complexity index is 994. The van der Waals surface area contributed by atoms with Gasteiger partial charge in [0.15, 0.2) is 28.9 Å². The molecule has 3 aromatic rings. The van der Waals surface area contributed by atoms with E-state index in [0.29, 0.717) is 29.7 Å². The second-order valence-electron chi connectivity index (χ2n) is 6.38. The van der Waals surface area contributed by atoms with E-state index in [1.54, 1.807) is 30.1 Å². The van der Waals surface area contributed by atoms with Crippen LogP contribution in [0.3, 0.4) is 0 Å². The standard InChI is InChI=1S/C20H26N6O3S/c1-4-9-22-18-14-12-23-26(19(14)25-20(24-18)30-3)11-10-21-17(27)13-29-16-8-6-5-7-15(16)28-2/h5-8,12H,4,9-11,13H2,1-3H3,(H,21,27)(H,22,24,25). The first-order valence-electron chi connectivity index (χ1n) is 9.70. The van der Waals surface area contributed by atoms with E-state index in [2.05, 4.69) is 32.6 Å². The Labute approximate surface area is 179 Å². The molecule has 0 atom stereocenters. The second-order valence-corrected chi connectivity index (χ2v) is 7.15. The van der Waals surface area contributed by atoms with Gasteiger partial charge in [-0.05, 0) is 24.8 Å². The first kappa shape index (κ1) is 21.7. The molecular weight excluding hydrogens is 404 g/mol. The Hall–Kier alpha value is -3.01. The molecule has 10 heteroatoms. The van der Waals surface area contributed by atoms with Crippen molar-refractivity contribution in [2.24, 2.45) is 0 Å². The van der Waals surface area contributed by atoms with E-state index in [1.165, 1.54) is 11.8 Å². The number of nitrogens with zero attached hydrogens (tertiary/aromatic N) is 4. The minimum absolute atomic E-state index is 0.0931. The van der Waals surface area contributed by atoms with Crippen LogP contribution in [0.4, 0.5) is 5.82 Å². The number of anilines is 1. The molecule has 0 spiro atoms. The Morgan fingerprint density at radius 2 is 2.00 bits per heavy atom. The zero-order valence-electron chi connectivity index (χ0n) is 17.3. The molecule has 9 nitrogen and oxygen atoms in total. The number of aromatic nitrogens is 4. The Kier molecular flexibility index (Phi) is 7.72. The van der Waals surface area contributed by atoms with Crippen LogP contribution in [0, 0.1) is 0 Å². The summed E-state index contributed by atoms with van der Waals surface area (Å²) in [5.41, 5.74) is 0.743. The number of ether oxygens (including phenoxy) is 2. The SMILES string of the molecule is CCCNc1nc(SC)nc2c1cnn2CCNC(=O)COc1ccccc1OC. The number of nitrogens with one attached hydrogen (secondary N) is 2. The topological polar surface area (TPSA) is 103 Å². The van der Waals surface area contributed by atoms with Crippen molar-refractivity contribution < 1.29 is 14.3 Å². The molecule has 0 saturated heterocycles. The summed E-state index contributed by atoms with van der Waals surface area (Å²) in [6, 6.07) is 7.21. The molecule has 0 unspecified atom stereocenters. The van der Waals surface area contributed by atoms with Crippen LogP contribution in [0.1, 0.15) is 13.3 Å². The molecule has 2 aromatic heterocycles. The van der Waals surface area contributed by atoms with Gasteiger partial charge in [-0.25, -0.2) is 14.6 Å². The Morgan fingerprint density at radius 3 is 2.73 bits per heavy atom. The highest BCUT2D eigenvalue weighted by atomic mass is 32.2. The fraction of sp³-hybridized carbons (Fsp3) is 0.400. The summed E-state index contributed by atoms with van der Waals surface area (Å²) in [6.45, 7) is 3.73. The van der Waals surface area contributed by atoms with Gasteiger partial charge in [0.05, 0.1) is 25.2 Å². The highest BCUT2D eigenvalue weighted by Gasteiger charge is 2.13. The van der Waals surface area contributed by atoms with Crippen molar-refractivity contribution in [3.05, 3.63) is 30.5 Å². The predicted octanol–water partition coefficient (Wildman–Crippen LogP) is 2.57. The molecule has 1 aromatic carbocycles. The maximum atomic E-state index is 12.1. The van der Waals surface area contributed by atoms with E-state index < -0.39 is 0 Å². The van der Waals surface area contributed by atoms with Crippen molar-refractivity contribution in [2.75, 3.05) is 38.4 Å². The summed E-state index contributed by atoms with van der Waals surface area (Å²) in [7, 11) is 1.56. The quantitative estimate of drug-likeness (QED) is 0.353. The summed E-state index contributed by atoms with van der Waals surface area (Å²) in [4.78, 5) is 21.2. The van der Waals surface area contributed by atoms with Gasteiger partial charge in [0.1, 0.15) is 5.82 Å². The number of hydrogen-bond acceptors (Lipinski definition) is 8. The van der Waals surface area contributed by atoms with E-state index in [4.69, 9.17) is 9.47 Å². The number of thioether (sulfide) groups is 1. The van der Waals surface area contributed by atoms with E-state index in [1.807, 2.05) is 18.4 Å². The molecule has 0 fully saturated rings. The monoisotopic (exact) mass is 430 g/mol. The van der Waals surface area contributed by atoms with Crippen molar-refractivity contribution in [3.63, 3.8) is 0 Å². The molecule has 2 N–H and O–H groups in total. The summed E-state index contributed by atoms with van der Waals surface area (Å²) in [5, 5.41) is 12.1. The fourth-order valence-electron chi connectivity index (χ4n) is 2.80. The van der Waals surface area contributed by atoms with E-state index in [9.17, 15) is 4.79 Å². The minimum atomic E-state index is -0.220. The number of para-hydroxylation sites is 2. The average molecular weight is 431 g/mol. The number of rotatable bonds is 11. The van der Waals surface area contributed by atoms with Crippen molar-refractivity contribution in [3.8, 4) is 11.5 Å². The van der Waals surface area contributed by atoms with Crippen LogP contribution in [0.5, 0.6) is 11.5 Å². The molecule has 30 heavy (non-hydrogen) atoms. The summed E-state index contributed by atoms with van der Waals surface area (Å²) in [5.74, 6) is 1.68. The lowest BCUT2D eigenvalue weighted by atomic mass is 10.3. The van der Waals surface area contributed by atoms with Crippen molar-refractivity contribution in [2.45, 2.75) is 25.0 Å². The third kappa shape index (κ3) is 5.32. The van der Waals surface area contributed by atoms with Gasteiger partial charge >= 0.3 is 0 Å². The zero-order chi connectivity index (χ0) is 21.3. The second kappa shape index (κ2) is 10.7. The van der Waals surface area contributed by atoms with Crippen LogP contribution >= 0.6 is 11.8 Å². The number of hydrogen-bond donors (Lipinski definition) is 2. The number of fused-ring (bicyclic) bond motifs is 1. The largest absolute Gasteiger partial charge is 0.493 e. The molecule has 0 bridgehead atoms. The van der Waals surface area contributed by atoms with Gasteiger partial charge in [0.25, 0.3) is 5.91 Å². The lowest BCUT2D eigenvalue weighted by Crippen LogP contribution is -2.31. The summed E-state index contributed by atoms with van der Waals surface area (Å²) in [6.07, 6.45) is 4.69. The third-order valence-electron chi connectivity index (χ3n) is 4.27. The number of amides is 1. The maximum absolute atomic E-state index is 12.1. The first-order valence-corrected chi connectivity index (χ1v) is 10.9. The highest BCUT2D eigenvalue weighted by molar-refractivity contribution is 7.98. The molecule has 0 aliphatic rings. The van der Waals surface area contributed by atoms with E-state index in [0.717, 1.165) is 29.8 Å². The number of carbonyl (C=O) groups is 1. The molecule has 160 valence electrons. The van der Waals surface area contributed by atoms with Crippen LogP contribution in [0.2, 0.25) is 0 Å². The molecule has 0 aliphatic carbocycles. The number of benzene rings is 1. The summed E-state index contributed by atoms with van der Waals surface area (Å²) < 4.78 is 12.5. The summed E-state index contributed by atoms with van der Waals surface area (Å²) >= 11 is 1.48. The fourth-order valence-corrected chi connectivity index (χ4v) is 3.16. The number of carbonyl (C=O) groups excluding carboxylic acids is 1. The van der Waals surface area contributed by atoms with Gasteiger partial charge < -0.3 is 20.1 Å². The number of methoxy groups -OCH3 is 1. The Balaban J connectivity index is 1.58. The molecule has 0 aliphatic heterocycles. The van der Waals surface area contributed by atoms with Crippen LogP contribution < -0.4 is 20.1 Å². The minimum Gasteiger partial charge on any atom is -0.493 e. The molecule has 0 radical (unpaired) electrons. The normalized spacial score (nSPS) is 10.8. The third-order valence-corrected chi connectivity index (χ3v) is 4.82. The van der Waals surface area contributed by atoms with Crippen LogP contribution in [-0.2, 0) is 11.3 Å². The van der Waals surface area contributed by atoms with Gasteiger partial charge in [-0.1, -0.05) is 30.8 Å². The smallest absolute Gasteiger partial charge is 0.258 e. The molecule has 2 heterocycles. The van der Waals surface area contributed by atoms with E-state index in [-0.39, 0.29) is 12.5 Å². The Morgan fingerprint density at radius 1 is 1.20 bits per heavy atom. The highest BCUT2D eigenvalue weighted by Crippen LogP contribution is 2.25. The molecule has 3 rings (SSSR count).